The first-order chi connectivity index (χ1) is 11.0. The van der Waals surface area contributed by atoms with Crippen LogP contribution < -0.4 is 5.73 Å². The number of nitrogens with two attached hydrogens (primary N) is 1. The molecule has 1 saturated heterocycles. The van der Waals surface area contributed by atoms with Crippen molar-refractivity contribution >= 4 is 41.6 Å². The van der Waals surface area contributed by atoms with Crippen molar-refractivity contribution < 1.29 is 9.59 Å². The van der Waals surface area contributed by atoms with Gasteiger partial charge < -0.3 is 20.4 Å². The van der Waals surface area contributed by atoms with Gasteiger partial charge in [-0.1, -0.05) is 11.6 Å². The maximum absolute atomic E-state index is 12.5. The number of benzene rings is 1. The van der Waals surface area contributed by atoms with E-state index < -0.39 is 0 Å². The standard InChI is InChI=1S/C16H23ClN4O2.ClH/c1-3-19(4-2)16(23)21-9-7-20(8-10-21)15(22)13-6-5-12(18)11-14(13)17;/h5-6,11H,3-4,7-10,18H2,1-2H3;1H. The molecule has 3 amide bonds. The van der Waals surface area contributed by atoms with E-state index in [2.05, 4.69) is 0 Å². The second-order valence-electron chi connectivity index (χ2n) is 5.47. The van der Waals surface area contributed by atoms with Gasteiger partial charge in [0.15, 0.2) is 0 Å². The second-order valence-corrected chi connectivity index (χ2v) is 5.88. The fourth-order valence-corrected chi connectivity index (χ4v) is 2.94. The minimum Gasteiger partial charge on any atom is -0.399 e. The number of urea groups is 1. The maximum Gasteiger partial charge on any atom is 0.320 e. The molecule has 134 valence electrons. The van der Waals surface area contributed by atoms with Gasteiger partial charge in [-0.3, -0.25) is 4.79 Å². The van der Waals surface area contributed by atoms with Crippen molar-refractivity contribution in [1.82, 2.24) is 14.7 Å². The monoisotopic (exact) mass is 374 g/mol. The molecule has 1 heterocycles. The first-order valence-corrected chi connectivity index (χ1v) is 8.23. The molecular weight excluding hydrogens is 351 g/mol. The summed E-state index contributed by atoms with van der Waals surface area (Å²) in [5, 5.41) is 0.358. The fraction of sp³-hybridized carbons (Fsp3) is 0.500. The molecule has 24 heavy (non-hydrogen) atoms. The zero-order chi connectivity index (χ0) is 17.0. The number of carbonyl (C=O) groups is 2. The lowest BCUT2D eigenvalue weighted by Crippen LogP contribution is -2.54. The van der Waals surface area contributed by atoms with Crippen LogP contribution in [0.25, 0.3) is 0 Å². The summed E-state index contributed by atoms with van der Waals surface area (Å²) in [4.78, 5) is 30.2. The van der Waals surface area contributed by atoms with Crippen LogP contribution in [0.15, 0.2) is 18.2 Å². The highest BCUT2D eigenvalue weighted by Crippen LogP contribution is 2.21. The third-order valence-corrected chi connectivity index (χ3v) is 4.41. The van der Waals surface area contributed by atoms with E-state index in [9.17, 15) is 9.59 Å². The molecule has 1 aliphatic heterocycles. The smallest absolute Gasteiger partial charge is 0.320 e. The number of hydrogen-bond donors (Lipinski definition) is 1. The van der Waals surface area contributed by atoms with Gasteiger partial charge in [0.2, 0.25) is 0 Å². The Bertz CT molecular complexity index is 585. The highest BCUT2D eigenvalue weighted by Gasteiger charge is 2.27. The van der Waals surface area contributed by atoms with E-state index in [-0.39, 0.29) is 24.3 Å². The number of carbonyl (C=O) groups excluding carboxylic acids is 2. The van der Waals surface area contributed by atoms with Gasteiger partial charge in [-0.25, -0.2) is 4.79 Å². The molecule has 0 saturated carbocycles. The van der Waals surface area contributed by atoms with Gasteiger partial charge in [0.25, 0.3) is 5.91 Å². The van der Waals surface area contributed by atoms with E-state index in [1.165, 1.54) is 0 Å². The van der Waals surface area contributed by atoms with Gasteiger partial charge >= 0.3 is 6.03 Å². The number of hydrogen-bond acceptors (Lipinski definition) is 3. The minimum atomic E-state index is -0.120. The van der Waals surface area contributed by atoms with Crippen molar-refractivity contribution in [3.8, 4) is 0 Å². The molecule has 0 unspecified atom stereocenters. The Morgan fingerprint density at radius 1 is 1.12 bits per heavy atom. The molecule has 0 atom stereocenters. The largest absolute Gasteiger partial charge is 0.399 e. The SMILES string of the molecule is CCN(CC)C(=O)N1CCN(C(=O)c2ccc(N)cc2Cl)CC1.Cl. The molecule has 1 aromatic carbocycles. The topological polar surface area (TPSA) is 69.9 Å². The van der Waals surface area contributed by atoms with Crippen molar-refractivity contribution in [1.29, 1.82) is 0 Å². The zero-order valence-corrected chi connectivity index (χ0v) is 15.6. The van der Waals surface area contributed by atoms with Crippen LogP contribution >= 0.6 is 24.0 Å². The fourth-order valence-electron chi connectivity index (χ4n) is 2.67. The minimum absolute atomic E-state index is 0. The van der Waals surface area contributed by atoms with Crippen LogP contribution in [-0.4, -0.2) is 65.9 Å². The lowest BCUT2D eigenvalue weighted by atomic mass is 10.1. The van der Waals surface area contributed by atoms with Crippen LogP contribution in [0.3, 0.4) is 0 Å². The van der Waals surface area contributed by atoms with Crippen LogP contribution in [-0.2, 0) is 0 Å². The first-order valence-electron chi connectivity index (χ1n) is 7.86. The Kier molecular flexibility index (Phi) is 7.63. The summed E-state index contributed by atoms with van der Waals surface area (Å²) in [5.74, 6) is -0.120. The number of halogens is 2. The van der Waals surface area contributed by atoms with Crippen molar-refractivity contribution in [2.75, 3.05) is 45.0 Å². The van der Waals surface area contributed by atoms with E-state index in [0.717, 1.165) is 0 Å². The van der Waals surface area contributed by atoms with Crippen LogP contribution in [0.4, 0.5) is 10.5 Å². The summed E-state index contributed by atoms with van der Waals surface area (Å²) in [6, 6.07) is 4.93. The summed E-state index contributed by atoms with van der Waals surface area (Å²) in [5.41, 5.74) is 6.63. The molecule has 1 fully saturated rings. The molecule has 0 spiro atoms. The lowest BCUT2D eigenvalue weighted by molar-refractivity contribution is 0.0641. The number of anilines is 1. The van der Waals surface area contributed by atoms with Gasteiger partial charge in [0.05, 0.1) is 10.6 Å². The van der Waals surface area contributed by atoms with Gasteiger partial charge in [0, 0.05) is 45.0 Å². The van der Waals surface area contributed by atoms with Crippen molar-refractivity contribution in [2.24, 2.45) is 0 Å². The van der Waals surface area contributed by atoms with Gasteiger partial charge in [-0.05, 0) is 32.0 Å². The Morgan fingerprint density at radius 2 is 1.67 bits per heavy atom. The number of piperazine rings is 1. The molecule has 0 bridgehead atoms. The Hall–Kier alpha value is -1.66. The average Bonchev–Trinajstić information content (AvgIpc) is 2.55. The third kappa shape index (κ3) is 4.45. The van der Waals surface area contributed by atoms with Crippen molar-refractivity contribution in [3.63, 3.8) is 0 Å². The Labute approximate surface area is 153 Å². The quantitative estimate of drug-likeness (QED) is 0.826. The molecule has 0 radical (unpaired) electrons. The molecule has 1 aromatic rings. The van der Waals surface area contributed by atoms with Gasteiger partial charge in [-0.2, -0.15) is 0 Å². The van der Waals surface area contributed by atoms with Crippen LogP contribution in [0.5, 0.6) is 0 Å². The van der Waals surface area contributed by atoms with E-state index in [1.54, 1.807) is 32.9 Å². The zero-order valence-electron chi connectivity index (χ0n) is 14.0. The summed E-state index contributed by atoms with van der Waals surface area (Å²) in [6.45, 7) is 7.39. The predicted octanol–water partition coefficient (Wildman–Crippen LogP) is 2.56. The molecule has 0 aliphatic carbocycles. The molecule has 2 rings (SSSR count). The summed E-state index contributed by atoms with van der Waals surface area (Å²) >= 11 is 6.10. The van der Waals surface area contributed by atoms with Crippen molar-refractivity contribution in [3.05, 3.63) is 28.8 Å². The summed E-state index contributed by atoms with van der Waals surface area (Å²) < 4.78 is 0. The lowest BCUT2D eigenvalue weighted by Gasteiger charge is -2.37. The highest BCUT2D eigenvalue weighted by molar-refractivity contribution is 6.34. The molecule has 2 N–H and O–H groups in total. The Balaban J connectivity index is 0.00000288. The molecule has 8 heteroatoms. The first kappa shape index (κ1) is 20.4. The number of nitrogens with zero attached hydrogens (tertiary/aromatic N) is 3. The number of rotatable bonds is 3. The molecular formula is C16H24Cl2N4O2. The van der Waals surface area contributed by atoms with Crippen LogP contribution in [0.1, 0.15) is 24.2 Å². The molecule has 0 aromatic heterocycles. The summed E-state index contributed by atoms with van der Waals surface area (Å²) in [6.07, 6.45) is 0. The molecule has 1 aliphatic rings. The third-order valence-electron chi connectivity index (χ3n) is 4.09. The average molecular weight is 375 g/mol. The second kappa shape index (κ2) is 8.99. The number of nitrogen functional groups attached to an aromatic ring is 1. The van der Waals surface area contributed by atoms with E-state index in [0.29, 0.717) is 55.5 Å². The maximum atomic E-state index is 12.5. The van der Waals surface area contributed by atoms with E-state index >= 15 is 0 Å². The van der Waals surface area contributed by atoms with Crippen LogP contribution in [0.2, 0.25) is 5.02 Å². The highest BCUT2D eigenvalue weighted by atomic mass is 35.5. The summed E-state index contributed by atoms with van der Waals surface area (Å²) in [7, 11) is 0. The van der Waals surface area contributed by atoms with Crippen LogP contribution in [0, 0.1) is 0 Å². The van der Waals surface area contributed by atoms with E-state index in [1.807, 2.05) is 13.8 Å². The van der Waals surface area contributed by atoms with Gasteiger partial charge in [-0.15, -0.1) is 12.4 Å². The predicted molar refractivity (Wildman–Crippen MR) is 98.9 cm³/mol. The normalized spacial score (nSPS) is 14.1. The van der Waals surface area contributed by atoms with Gasteiger partial charge in [0.1, 0.15) is 0 Å². The van der Waals surface area contributed by atoms with E-state index in [4.69, 9.17) is 17.3 Å². The Morgan fingerprint density at radius 3 is 2.17 bits per heavy atom. The molecule has 6 nitrogen and oxygen atoms in total. The van der Waals surface area contributed by atoms with Crippen molar-refractivity contribution in [2.45, 2.75) is 13.8 Å². The number of amides is 3.